The lowest BCUT2D eigenvalue weighted by atomic mass is 9.89. The second kappa shape index (κ2) is 9.36. The number of hydrogen-bond acceptors (Lipinski definition) is 5. The monoisotopic (exact) mass is 338 g/mol. The molecular weight excluding hydrogens is 304 g/mol. The molecule has 1 aliphatic heterocycles. The largest absolute Gasteiger partial charge is 0.395 e. The highest BCUT2D eigenvalue weighted by Crippen LogP contribution is 2.19. The summed E-state index contributed by atoms with van der Waals surface area (Å²) in [6.45, 7) is 11.4. The summed E-state index contributed by atoms with van der Waals surface area (Å²) in [7, 11) is 1.98. The third-order valence-corrected chi connectivity index (χ3v) is 5.48. The summed E-state index contributed by atoms with van der Waals surface area (Å²) in [5.41, 5.74) is -0.832. The lowest BCUT2D eigenvalue weighted by Crippen LogP contribution is -2.55. The van der Waals surface area contributed by atoms with E-state index in [1.165, 1.54) is 0 Å². The molecule has 1 rings (SSSR count). The van der Waals surface area contributed by atoms with Gasteiger partial charge in [0, 0.05) is 13.1 Å². The Morgan fingerprint density at radius 1 is 1.42 bits per heavy atom. The maximum Gasteiger partial charge on any atom is 0.238 e. The van der Waals surface area contributed by atoms with Gasteiger partial charge >= 0.3 is 0 Å². The van der Waals surface area contributed by atoms with Crippen molar-refractivity contribution in [1.82, 2.24) is 15.1 Å². The van der Waals surface area contributed by atoms with Crippen molar-refractivity contribution in [2.75, 3.05) is 39.8 Å². The Kier molecular flexibility index (Phi) is 8.14. The van der Waals surface area contributed by atoms with Crippen LogP contribution in [0.5, 0.6) is 0 Å². The van der Waals surface area contributed by atoms with E-state index < -0.39 is 5.54 Å². The predicted octanol–water partition coefficient (Wildman–Crippen LogP) is 1.07. The highest BCUT2D eigenvalue weighted by atomic mass is 16.3. The Labute approximate surface area is 146 Å². The SMILES string of the molecule is CC(C)[C@](C)(C#N)NC(=O)[C@H](C)N(C)CC1CCN(CCO)CC1. The molecule has 0 radical (unpaired) electrons. The average molecular weight is 338 g/mol. The molecule has 1 saturated heterocycles. The van der Waals surface area contributed by atoms with Crippen LogP contribution in [0.3, 0.4) is 0 Å². The third kappa shape index (κ3) is 5.73. The molecule has 0 bridgehead atoms. The molecule has 1 heterocycles. The Balaban J connectivity index is 2.49. The smallest absolute Gasteiger partial charge is 0.238 e. The van der Waals surface area contributed by atoms with Gasteiger partial charge in [0.1, 0.15) is 5.54 Å². The summed E-state index contributed by atoms with van der Waals surface area (Å²) in [4.78, 5) is 16.9. The van der Waals surface area contributed by atoms with Gasteiger partial charge in [-0.1, -0.05) is 13.8 Å². The standard InChI is InChI=1S/C18H34N4O2/c1-14(2)18(4,13-19)20-17(24)15(3)21(5)12-16-6-8-22(9-7-16)10-11-23/h14-16,23H,6-12H2,1-5H3,(H,20,24)/t15-,18-/m0/s1. The quantitative estimate of drug-likeness (QED) is 0.692. The number of nitriles is 1. The van der Waals surface area contributed by atoms with Crippen molar-refractivity contribution >= 4 is 5.91 Å². The molecule has 6 nitrogen and oxygen atoms in total. The van der Waals surface area contributed by atoms with Crippen LogP contribution in [-0.2, 0) is 4.79 Å². The number of nitrogens with one attached hydrogen (secondary N) is 1. The van der Waals surface area contributed by atoms with Crippen LogP contribution in [0.4, 0.5) is 0 Å². The number of piperidine rings is 1. The summed E-state index contributed by atoms with van der Waals surface area (Å²) >= 11 is 0. The minimum atomic E-state index is -0.832. The first-order valence-electron chi connectivity index (χ1n) is 9.00. The van der Waals surface area contributed by atoms with E-state index >= 15 is 0 Å². The number of hydrogen-bond donors (Lipinski definition) is 2. The Morgan fingerprint density at radius 2 is 2.00 bits per heavy atom. The molecule has 0 aromatic carbocycles. The first-order valence-corrected chi connectivity index (χ1v) is 9.00. The van der Waals surface area contributed by atoms with Crippen LogP contribution >= 0.6 is 0 Å². The lowest BCUT2D eigenvalue weighted by Gasteiger charge is -2.36. The van der Waals surface area contributed by atoms with E-state index in [-0.39, 0.29) is 24.5 Å². The van der Waals surface area contributed by atoms with Crippen LogP contribution in [0.15, 0.2) is 0 Å². The fourth-order valence-corrected chi connectivity index (χ4v) is 2.96. The van der Waals surface area contributed by atoms with Gasteiger partial charge in [0.2, 0.25) is 5.91 Å². The number of likely N-dealkylation sites (tertiary alicyclic amines) is 1. The minimum Gasteiger partial charge on any atom is -0.395 e. The molecule has 1 amide bonds. The molecule has 0 aliphatic carbocycles. The molecule has 1 aliphatic rings. The molecule has 0 spiro atoms. The van der Waals surface area contributed by atoms with Crippen LogP contribution in [0.1, 0.15) is 40.5 Å². The van der Waals surface area contributed by atoms with Gasteiger partial charge in [0.05, 0.1) is 18.7 Å². The second-order valence-corrected chi connectivity index (χ2v) is 7.58. The number of rotatable bonds is 8. The third-order valence-electron chi connectivity index (χ3n) is 5.48. The Bertz CT molecular complexity index is 441. The second-order valence-electron chi connectivity index (χ2n) is 7.58. The average Bonchev–Trinajstić information content (AvgIpc) is 2.55. The molecule has 0 unspecified atom stereocenters. The predicted molar refractivity (Wildman–Crippen MR) is 95.3 cm³/mol. The fourth-order valence-electron chi connectivity index (χ4n) is 2.96. The molecule has 138 valence electrons. The fraction of sp³-hybridized carbons (Fsp3) is 0.889. The zero-order valence-electron chi connectivity index (χ0n) is 15.9. The molecule has 6 heteroatoms. The van der Waals surface area contributed by atoms with E-state index in [9.17, 15) is 10.1 Å². The van der Waals surface area contributed by atoms with E-state index in [4.69, 9.17) is 5.11 Å². The highest BCUT2D eigenvalue weighted by molar-refractivity contribution is 5.82. The molecule has 2 N–H and O–H groups in total. The van der Waals surface area contributed by atoms with Crippen molar-refractivity contribution in [2.45, 2.75) is 52.1 Å². The first-order chi connectivity index (χ1) is 11.2. The van der Waals surface area contributed by atoms with E-state index in [1.807, 2.05) is 27.8 Å². The lowest BCUT2D eigenvalue weighted by molar-refractivity contribution is -0.127. The summed E-state index contributed by atoms with van der Waals surface area (Å²) < 4.78 is 0. The van der Waals surface area contributed by atoms with Crippen LogP contribution < -0.4 is 5.32 Å². The van der Waals surface area contributed by atoms with Crippen LogP contribution in [0.25, 0.3) is 0 Å². The van der Waals surface area contributed by atoms with Gasteiger partial charge < -0.3 is 15.3 Å². The molecule has 0 aromatic rings. The van der Waals surface area contributed by atoms with Crippen molar-refractivity contribution in [2.24, 2.45) is 11.8 Å². The minimum absolute atomic E-state index is 0.0554. The van der Waals surface area contributed by atoms with Gasteiger partial charge in [0.15, 0.2) is 0 Å². The molecule has 1 fully saturated rings. The summed E-state index contributed by atoms with van der Waals surface area (Å²) in [5.74, 6) is 0.542. The zero-order chi connectivity index (χ0) is 18.3. The van der Waals surface area contributed by atoms with Gasteiger partial charge in [0.25, 0.3) is 0 Å². The molecule has 24 heavy (non-hydrogen) atoms. The van der Waals surface area contributed by atoms with Crippen molar-refractivity contribution in [3.63, 3.8) is 0 Å². The van der Waals surface area contributed by atoms with Crippen LogP contribution in [0, 0.1) is 23.2 Å². The molecular formula is C18H34N4O2. The molecule has 2 atom stereocenters. The number of β-amino-alcohol motifs (C(OH)–C–C–N with tert-alkyl or cyclic N) is 1. The van der Waals surface area contributed by atoms with Gasteiger partial charge in [-0.2, -0.15) is 5.26 Å². The summed E-state index contributed by atoms with van der Waals surface area (Å²) in [6.07, 6.45) is 2.20. The number of aliphatic hydroxyl groups excluding tert-OH is 1. The first kappa shape index (κ1) is 20.9. The normalized spacial score (nSPS) is 20.6. The highest BCUT2D eigenvalue weighted by Gasteiger charge is 2.33. The Morgan fingerprint density at radius 3 is 2.46 bits per heavy atom. The number of likely N-dealkylation sites (N-methyl/N-ethyl adjacent to an activating group) is 1. The summed E-state index contributed by atoms with van der Waals surface area (Å²) in [6, 6.07) is 1.97. The number of aliphatic hydroxyl groups is 1. The zero-order valence-corrected chi connectivity index (χ0v) is 15.9. The van der Waals surface area contributed by atoms with Crippen molar-refractivity contribution < 1.29 is 9.90 Å². The maximum absolute atomic E-state index is 12.5. The van der Waals surface area contributed by atoms with Gasteiger partial charge in [-0.3, -0.25) is 9.69 Å². The number of carbonyl (C=O) groups excluding carboxylic acids is 1. The maximum atomic E-state index is 12.5. The van der Waals surface area contributed by atoms with E-state index in [0.717, 1.165) is 39.0 Å². The number of nitrogens with zero attached hydrogens (tertiary/aromatic N) is 3. The summed E-state index contributed by atoms with van der Waals surface area (Å²) in [5, 5.41) is 21.3. The number of carbonyl (C=O) groups is 1. The molecule has 0 saturated carbocycles. The van der Waals surface area contributed by atoms with Gasteiger partial charge in [-0.15, -0.1) is 0 Å². The van der Waals surface area contributed by atoms with E-state index in [2.05, 4.69) is 21.2 Å². The molecule has 0 aromatic heterocycles. The van der Waals surface area contributed by atoms with Gasteiger partial charge in [-0.05, 0) is 58.7 Å². The topological polar surface area (TPSA) is 79.6 Å². The van der Waals surface area contributed by atoms with Crippen molar-refractivity contribution in [1.29, 1.82) is 5.26 Å². The Hall–Kier alpha value is -1.16. The van der Waals surface area contributed by atoms with Crippen molar-refractivity contribution in [3.05, 3.63) is 0 Å². The number of amides is 1. The van der Waals surface area contributed by atoms with Crippen LogP contribution in [0.2, 0.25) is 0 Å². The van der Waals surface area contributed by atoms with Crippen molar-refractivity contribution in [3.8, 4) is 6.07 Å². The van der Waals surface area contributed by atoms with E-state index in [0.29, 0.717) is 5.92 Å². The van der Waals surface area contributed by atoms with Crippen LogP contribution in [-0.4, -0.2) is 72.2 Å². The van der Waals surface area contributed by atoms with E-state index in [1.54, 1.807) is 6.92 Å². The van der Waals surface area contributed by atoms with Gasteiger partial charge in [-0.25, -0.2) is 0 Å².